The van der Waals surface area contributed by atoms with Crippen molar-refractivity contribution in [1.82, 2.24) is 0 Å². The Kier molecular flexibility index (Phi) is 7.74. The summed E-state index contributed by atoms with van der Waals surface area (Å²) in [6.45, 7) is 0.754. The Morgan fingerprint density at radius 3 is 2.30 bits per heavy atom. The topological polar surface area (TPSA) is 83.0 Å². The molecule has 3 rings (SSSR count). The van der Waals surface area contributed by atoms with Gasteiger partial charge < -0.3 is 15.7 Å². The summed E-state index contributed by atoms with van der Waals surface area (Å²) in [6.07, 6.45) is 0. The maximum absolute atomic E-state index is 12.9. The minimum atomic E-state index is -0.232. The lowest BCUT2D eigenvalue weighted by Crippen LogP contribution is -2.87. The van der Waals surface area contributed by atoms with Crippen LogP contribution in [0.1, 0.15) is 27.4 Å². The molecular formula is C24H24ClN2O3+. The van der Waals surface area contributed by atoms with Crippen molar-refractivity contribution in [3.8, 4) is 0 Å². The molecule has 0 heterocycles. The number of aliphatic hydroxyl groups excluding tert-OH is 1. The first-order valence-electron chi connectivity index (χ1n) is 9.75. The lowest BCUT2D eigenvalue weighted by molar-refractivity contribution is -0.646. The van der Waals surface area contributed by atoms with Crippen LogP contribution in [0.3, 0.4) is 0 Å². The maximum atomic E-state index is 12.9. The molecule has 3 aromatic carbocycles. The van der Waals surface area contributed by atoms with E-state index in [2.05, 4.69) is 5.32 Å². The van der Waals surface area contributed by atoms with Crippen molar-refractivity contribution in [2.24, 2.45) is 0 Å². The molecule has 6 heteroatoms. The number of amides is 1. The number of anilines is 1. The fourth-order valence-electron chi connectivity index (χ4n) is 3.22. The van der Waals surface area contributed by atoms with Gasteiger partial charge in [0.1, 0.15) is 0 Å². The van der Waals surface area contributed by atoms with Crippen molar-refractivity contribution in [3.63, 3.8) is 0 Å². The van der Waals surface area contributed by atoms with E-state index in [1.807, 2.05) is 41.7 Å². The van der Waals surface area contributed by atoms with Gasteiger partial charge in [-0.25, -0.2) is 0 Å². The predicted molar refractivity (Wildman–Crippen MR) is 118 cm³/mol. The Morgan fingerprint density at radius 1 is 0.967 bits per heavy atom. The van der Waals surface area contributed by atoms with Gasteiger partial charge in [0.2, 0.25) is 0 Å². The van der Waals surface area contributed by atoms with Gasteiger partial charge in [-0.3, -0.25) is 9.59 Å². The molecule has 3 aromatic rings. The van der Waals surface area contributed by atoms with Crippen LogP contribution in [0.5, 0.6) is 0 Å². The second-order valence-electron chi connectivity index (χ2n) is 6.95. The molecule has 4 N–H and O–H groups in total. The second kappa shape index (κ2) is 10.7. The third-order valence-corrected chi connectivity index (χ3v) is 5.04. The first-order chi connectivity index (χ1) is 14.6. The smallest absolute Gasteiger partial charge is 0.279 e. The normalized spacial score (nSPS) is 11.7. The summed E-state index contributed by atoms with van der Waals surface area (Å²) in [6, 6.07) is 23.4. The van der Waals surface area contributed by atoms with E-state index in [1.165, 1.54) is 0 Å². The molecule has 1 atom stereocenters. The van der Waals surface area contributed by atoms with Crippen LogP contribution in [0.2, 0.25) is 5.02 Å². The number of benzene rings is 3. The Morgan fingerprint density at radius 2 is 1.63 bits per heavy atom. The highest BCUT2D eigenvalue weighted by Crippen LogP contribution is 2.23. The van der Waals surface area contributed by atoms with Gasteiger partial charge in [-0.1, -0.05) is 72.3 Å². The molecule has 0 aliphatic carbocycles. The van der Waals surface area contributed by atoms with Crippen LogP contribution in [-0.2, 0) is 4.79 Å². The fraction of sp³-hybridized carbons (Fsp3) is 0.167. The standard InChI is InChI=1S/C24H23ClN2O3/c25-20-11-12-22(21(13-20)24(30)18-9-5-2-6-10-18)27-23(29)15-26-14-19(16-28)17-7-3-1-4-8-17/h1-13,19,26,28H,14-16H2,(H,27,29)/p+1/t19-/m0/s1. The summed E-state index contributed by atoms with van der Waals surface area (Å²) in [5, 5.41) is 14.7. The van der Waals surface area contributed by atoms with Gasteiger partial charge in [0.05, 0.1) is 24.8 Å². The molecule has 0 aliphatic rings. The van der Waals surface area contributed by atoms with Crippen LogP contribution in [-0.4, -0.2) is 36.5 Å². The molecule has 0 fully saturated rings. The van der Waals surface area contributed by atoms with E-state index in [-0.39, 0.29) is 30.8 Å². The van der Waals surface area contributed by atoms with E-state index < -0.39 is 0 Å². The number of halogens is 1. The highest BCUT2D eigenvalue weighted by Gasteiger charge is 2.17. The molecule has 0 spiro atoms. The van der Waals surface area contributed by atoms with Crippen LogP contribution in [0.4, 0.5) is 5.69 Å². The van der Waals surface area contributed by atoms with E-state index in [9.17, 15) is 14.7 Å². The number of aliphatic hydroxyl groups is 1. The monoisotopic (exact) mass is 423 g/mol. The molecule has 0 saturated heterocycles. The number of carbonyl (C=O) groups is 2. The van der Waals surface area contributed by atoms with E-state index in [0.29, 0.717) is 28.4 Å². The minimum Gasteiger partial charge on any atom is -0.396 e. The van der Waals surface area contributed by atoms with Gasteiger partial charge in [-0.15, -0.1) is 0 Å². The molecule has 0 aliphatic heterocycles. The van der Waals surface area contributed by atoms with E-state index >= 15 is 0 Å². The summed E-state index contributed by atoms with van der Waals surface area (Å²) in [5.41, 5.74) is 2.33. The van der Waals surface area contributed by atoms with Gasteiger partial charge in [0.25, 0.3) is 5.91 Å². The summed E-state index contributed by atoms with van der Waals surface area (Å²) < 4.78 is 0. The number of carbonyl (C=O) groups excluding carboxylic acids is 2. The quantitative estimate of drug-likeness (QED) is 0.463. The molecule has 0 bridgehead atoms. The molecule has 0 aromatic heterocycles. The van der Waals surface area contributed by atoms with Gasteiger partial charge in [0, 0.05) is 16.1 Å². The Labute approximate surface area is 180 Å². The molecule has 5 nitrogen and oxygen atoms in total. The van der Waals surface area contributed by atoms with Crippen LogP contribution < -0.4 is 10.6 Å². The van der Waals surface area contributed by atoms with E-state index in [0.717, 1.165) is 5.56 Å². The van der Waals surface area contributed by atoms with Gasteiger partial charge in [-0.2, -0.15) is 0 Å². The first-order valence-corrected chi connectivity index (χ1v) is 10.1. The number of quaternary nitrogens is 1. The second-order valence-corrected chi connectivity index (χ2v) is 7.39. The van der Waals surface area contributed by atoms with Crippen molar-refractivity contribution in [3.05, 3.63) is 101 Å². The molecule has 1 amide bonds. The lowest BCUT2D eigenvalue weighted by Gasteiger charge is -2.14. The maximum Gasteiger partial charge on any atom is 0.279 e. The number of nitrogens with one attached hydrogen (secondary N) is 1. The molecule has 154 valence electrons. The molecule has 0 saturated carbocycles. The Hall–Kier alpha value is -2.99. The largest absolute Gasteiger partial charge is 0.396 e. The molecule has 0 unspecified atom stereocenters. The molecule has 30 heavy (non-hydrogen) atoms. The number of hydrogen-bond acceptors (Lipinski definition) is 3. The highest BCUT2D eigenvalue weighted by molar-refractivity contribution is 6.31. The van der Waals surface area contributed by atoms with Crippen molar-refractivity contribution in [1.29, 1.82) is 0 Å². The Bertz CT molecular complexity index is 994. The summed E-state index contributed by atoms with van der Waals surface area (Å²) in [4.78, 5) is 25.3. The summed E-state index contributed by atoms with van der Waals surface area (Å²) >= 11 is 6.08. The minimum absolute atomic E-state index is 0.00897. The van der Waals surface area contributed by atoms with Crippen molar-refractivity contribution < 1.29 is 20.0 Å². The SMILES string of the molecule is O=C(C[NH2+]C[C@@H](CO)c1ccccc1)Nc1ccc(Cl)cc1C(=O)c1ccccc1. The predicted octanol–water partition coefficient (Wildman–Crippen LogP) is 2.85. The van der Waals surface area contributed by atoms with E-state index in [4.69, 9.17) is 11.6 Å². The van der Waals surface area contributed by atoms with Gasteiger partial charge in [-0.05, 0) is 23.8 Å². The average molecular weight is 424 g/mol. The van der Waals surface area contributed by atoms with Crippen molar-refractivity contribution in [2.75, 3.05) is 25.0 Å². The van der Waals surface area contributed by atoms with Gasteiger partial charge in [0.15, 0.2) is 12.3 Å². The first kappa shape index (κ1) is 21.7. The van der Waals surface area contributed by atoms with Crippen LogP contribution in [0.25, 0.3) is 0 Å². The van der Waals surface area contributed by atoms with Crippen molar-refractivity contribution >= 4 is 29.0 Å². The molecule has 0 radical (unpaired) electrons. The van der Waals surface area contributed by atoms with Crippen molar-refractivity contribution in [2.45, 2.75) is 5.92 Å². The van der Waals surface area contributed by atoms with Crippen LogP contribution in [0, 0.1) is 0 Å². The Balaban J connectivity index is 1.63. The average Bonchev–Trinajstić information content (AvgIpc) is 2.78. The van der Waals surface area contributed by atoms with Crippen LogP contribution in [0.15, 0.2) is 78.9 Å². The third kappa shape index (κ3) is 5.76. The number of hydrogen-bond donors (Lipinski definition) is 3. The van der Waals surface area contributed by atoms with Gasteiger partial charge >= 0.3 is 0 Å². The zero-order valence-electron chi connectivity index (χ0n) is 16.4. The summed E-state index contributed by atoms with van der Waals surface area (Å²) in [7, 11) is 0. The lowest BCUT2D eigenvalue weighted by atomic mass is 10.0. The summed E-state index contributed by atoms with van der Waals surface area (Å²) in [5.74, 6) is -0.490. The highest BCUT2D eigenvalue weighted by atomic mass is 35.5. The molecular weight excluding hydrogens is 400 g/mol. The zero-order chi connectivity index (χ0) is 21.3. The number of nitrogens with two attached hydrogens (primary N) is 1. The third-order valence-electron chi connectivity index (χ3n) is 4.81. The zero-order valence-corrected chi connectivity index (χ0v) is 17.2. The number of rotatable bonds is 9. The van der Waals surface area contributed by atoms with E-state index in [1.54, 1.807) is 42.5 Å². The number of ketones is 1. The van der Waals surface area contributed by atoms with Crippen LogP contribution >= 0.6 is 11.6 Å². The fourth-order valence-corrected chi connectivity index (χ4v) is 3.39.